The highest BCUT2D eigenvalue weighted by Gasteiger charge is 2.14. The Balaban J connectivity index is 1.58. The lowest BCUT2D eigenvalue weighted by molar-refractivity contribution is 0.223. The second-order valence-electron chi connectivity index (χ2n) is 7.23. The summed E-state index contributed by atoms with van der Waals surface area (Å²) in [7, 11) is 0. The fourth-order valence-electron chi connectivity index (χ4n) is 3.95. The molecule has 2 aromatic carbocycles. The van der Waals surface area contributed by atoms with Crippen LogP contribution in [0.3, 0.4) is 0 Å². The van der Waals surface area contributed by atoms with E-state index < -0.39 is 0 Å². The van der Waals surface area contributed by atoms with Crippen molar-refractivity contribution >= 4 is 11.0 Å². The van der Waals surface area contributed by atoms with E-state index in [1.54, 1.807) is 0 Å². The highest BCUT2D eigenvalue weighted by atomic mass is 15.1. The monoisotopic (exact) mass is 348 g/mol. The summed E-state index contributed by atoms with van der Waals surface area (Å²) in [4.78, 5) is 7.53. The number of nitrogens with two attached hydrogens (primary N) is 1. The number of benzene rings is 2. The summed E-state index contributed by atoms with van der Waals surface area (Å²) in [5, 5.41) is 0. The van der Waals surface area contributed by atoms with Crippen LogP contribution in [0.15, 0.2) is 48.5 Å². The SMILES string of the molecule is NCc1ccc(-c2nc3ccccc3n2CCCN2CCCCC2)cc1. The van der Waals surface area contributed by atoms with Crippen molar-refractivity contribution in [2.75, 3.05) is 19.6 Å². The first kappa shape index (κ1) is 17.3. The van der Waals surface area contributed by atoms with E-state index in [0.29, 0.717) is 6.54 Å². The van der Waals surface area contributed by atoms with Gasteiger partial charge in [-0.05, 0) is 56.6 Å². The summed E-state index contributed by atoms with van der Waals surface area (Å²) >= 11 is 0. The van der Waals surface area contributed by atoms with Crippen molar-refractivity contribution in [2.24, 2.45) is 5.73 Å². The third kappa shape index (κ3) is 3.67. The molecule has 136 valence electrons. The average Bonchev–Trinajstić information content (AvgIpc) is 3.08. The number of para-hydroxylation sites is 2. The number of hydrogen-bond acceptors (Lipinski definition) is 3. The second-order valence-corrected chi connectivity index (χ2v) is 7.23. The van der Waals surface area contributed by atoms with Crippen molar-refractivity contribution in [2.45, 2.75) is 38.8 Å². The summed E-state index contributed by atoms with van der Waals surface area (Å²) in [5.74, 6) is 1.06. The standard InChI is InChI=1S/C22H28N4/c23-17-18-9-11-19(12-10-18)22-24-20-7-2-3-8-21(20)26(22)16-6-15-25-13-4-1-5-14-25/h2-3,7-12H,1,4-6,13-17,23H2. The van der Waals surface area contributed by atoms with E-state index in [1.807, 2.05) is 0 Å². The lowest BCUT2D eigenvalue weighted by atomic mass is 10.1. The predicted molar refractivity (Wildman–Crippen MR) is 108 cm³/mol. The molecule has 2 heterocycles. The Morgan fingerprint density at radius 3 is 2.42 bits per heavy atom. The Morgan fingerprint density at radius 2 is 1.65 bits per heavy atom. The maximum Gasteiger partial charge on any atom is 0.141 e. The summed E-state index contributed by atoms with van der Waals surface area (Å²) in [6.45, 7) is 5.28. The van der Waals surface area contributed by atoms with E-state index in [1.165, 1.54) is 44.4 Å². The first-order chi connectivity index (χ1) is 12.8. The minimum Gasteiger partial charge on any atom is -0.326 e. The zero-order chi connectivity index (χ0) is 17.8. The number of aryl methyl sites for hydroxylation is 1. The average molecular weight is 348 g/mol. The Labute approximate surface area is 155 Å². The van der Waals surface area contributed by atoms with Crippen molar-refractivity contribution in [1.29, 1.82) is 0 Å². The van der Waals surface area contributed by atoms with Crippen LogP contribution >= 0.6 is 0 Å². The van der Waals surface area contributed by atoms with Crippen molar-refractivity contribution in [3.63, 3.8) is 0 Å². The smallest absolute Gasteiger partial charge is 0.141 e. The fraction of sp³-hybridized carbons (Fsp3) is 0.409. The van der Waals surface area contributed by atoms with E-state index in [9.17, 15) is 0 Å². The number of rotatable bonds is 6. The van der Waals surface area contributed by atoms with Gasteiger partial charge in [-0.25, -0.2) is 4.98 Å². The largest absolute Gasteiger partial charge is 0.326 e. The van der Waals surface area contributed by atoms with Gasteiger partial charge in [-0.3, -0.25) is 0 Å². The molecular formula is C22H28N4. The van der Waals surface area contributed by atoms with E-state index in [0.717, 1.165) is 35.4 Å². The third-order valence-corrected chi connectivity index (χ3v) is 5.41. The van der Waals surface area contributed by atoms with Gasteiger partial charge >= 0.3 is 0 Å². The van der Waals surface area contributed by atoms with Crippen LogP contribution in [0.4, 0.5) is 0 Å². The van der Waals surface area contributed by atoms with Gasteiger partial charge in [-0.15, -0.1) is 0 Å². The van der Waals surface area contributed by atoms with Crippen LogP contribution in [0, 0.1) is 0 Å². The molecule has 1 aromatic heterocycles. The molecule has 2 N–H and O–H groups in total. The number of fused-ring (bicyclic) bond motifs is 1. The second kappa shape index (κ2) is 8.02. The Hall–Kier alpha value is -2.17. The maximum atomic E-state index is 5.74. The molecule has 0 unspecified atom stereocenters. The fourth-order valence-corrected chi connectivity index (χ4v) is 3.95. The molecular weight excluding hydrogens is 320 g/mol. The van der Waals surface area contributed by atoms with Gasteiger partial charge in [0.1, 0.15) is 5.82 Å². The van der Waals surface area contributed by atoms with Gasteiger partial charge in [0.15, 0.2) is 0 Å². The Kier molecular flexibility index (Phi) is 5.32. The van der Waals surface area contributed by atoms with Gasteiger partial charge in [0.05, 0.1) is 11.0 Å². The molecule has 0 bridgehead atoms. The molecule has 1 aliphatic rings. The van der Waals surface area contributed by atoms with E-state index in [-0.39, 0.29) is 0 Å². The molecule has 0 aliphatic carbocycles. The normalized spacial score (nSPS) is 15.6. The minimum atomic E-state index is 0.576. The Bertz CT molecular complexity index is 844. The van der Waals surface area contributed by atoms with Crippen LogP contribution in [0.5, 0.6) is 0 Å². The molecule has 0 radical (unpaired) electrons. The summed E-state index contributed by atoms with van der Waals surface area (Å²) in [5.41, 5.74) is 10.4. The highest BCUT2D eigenvalue weighted by Crippen LogP contribution is 2.25. The van der Waals surface area contributed by atoms with Crippen LogP contribution in [0.1, 0.15) is 31.2 Å². The first-order valence-electron chi connectivity index (χ1n) is 9.82. The zero-order valence-corrected chi connectivity index (χ0v) is 15.4. The predicted octanol–water partition coefficient (Wildman–Crippen LogP) is 4.04. The van der Waals surface area contributed by atoms with Gasteiger partial charge in [0.25, 0.3) is 0 Å². The molecule has 1 fully saturated rings. The van der Waals surface area contributed by atoms with Crippen LogP contribution < -0.4 is 5.73 Å². The lowest BCUT2D eigenvalue weighted by Crippen LogP contribution is -2.31. The van der Waals surface area contributed by atoms with Gasteiger partial charge in [-0.2, -0.15) is 0 Å². The quantitative estimate of drug-likeness (QED) is 0.731. The van der Waals surface area contributed by atoms with E-state index >= 15 is 0 Å². The number of aromatic nitrogens is 2. The number of hydrogen-bond donors (Lipinski definition) is 1. The molecule has 4 rings (SSSR count). The molecule has 0 saturated carbocycles. The van der Waals surface area contributed by atoms with Gasteiger partial charge < -0.3 is 15.2 Å². The number of imidazole rings is 1. The molecule has 0 atom stereocenters. The maximum absolute atomic E-state index is 5.74. The molecule has 1 saturated heterocycles. The van der Waals surface area contributed by atoms with Gasteiger partial charge in [0.2, 0.25) is 0 Å². The number of likely N-dealkylation sites (tertiary alicyclic amines) is 1. The van der Waals surface area contributed by atoms with Crippen LogP contribution in [-0.4, -0.2) is 34.1 Å². The van der Waals surface area contributed by atoms with Crippen molar-refractivity contribution < 1.29 is 0 Å². The summed E-state index contributed by atoms with van der Waals surface area (Å²) in [6.07, 6.45) is 5.26. The minimum absolute atomic E-state index is 0.576. The molecule has 4 heteroatoms. The first-order valence-corrected chi connectivity index (χ1v) is 9.82. The van der Waals surface area contributed by atoms with Crippen molar-refractivity contribution in [3.8, 4) is 11.4 Å². The molecule has 0 spiro atoms. The van der Waals surface area contributed by atoms with E-state index in [2.05, 4.69) is 58.0 Å². The van der Waals surface area contributed by atoms with Crippen molar-refractivity contribution in [1.82, 2.24) is 14.5 Å². The summed E-state index contributed by atoms with van der Waals surface area (Å²) in [6, 6.07) is 16.9. The highest BCUT2D eigenvalue weighted by molar-refractivity contribution is 5.80. The Morgan fingerprint density at radius 1 is 0.885 bits per heavy atom. The van der Waals surface area contributed by atoms with Crippen molar-refractivity contribution in [3.05, 3.63) is 54.1 Å². The van der Waals surface area contributed by atoms with Gasteiger partial charge in [-0.1, -0.05) is 42.8 Å². The molecule has 1 aliphatic heterocycles. The lowest BCUT2D eigenvalue weighted by Gasteiger charge is -2.26. The summed E-state index contributed by atoms with van der Waals surface area (Å²) < 4.78 is 2.39. The number of piperidine rings is 1. The molecule has 0 amide bonds. The van der Waals surface area contributed by atoms with Crippen LogP contribution in [0.2, 0.25) is 0 Å². The topological polar surface area (TPSA) is 47.1 Å². The van der Waals surface area contributed by atoms with Gasteiger partial charge in [0, 0.05) is 18.7 Å². The molecule has 3 aromatic rings. The molecule has 26 heavy (non-hydrogen) atoms. The van der Waals surface area contributed by atoms with Crippen LogP contribution in [0.25, 0.3) is 22.4 Å². The number of nitrogens with zero attached hydrogens (tertiary/aromatic N) is 3. The van der Waals surface area contributed by atoms with E-state index in [4.69, 9.17) is 10.7 Å². The van der Waals surface area contributed by atoms with Crippen LogP contribution in [-0.2, 0) is 13.1 Å². The molecule has 4 nitrogen and oxygen atoms in total. The third-order valence-electron chi connectivity index (χ3n) is 5.41. The zero-order valence-electron chi connectivity index (χ0n) is 15.4.